The lowest BCUT2D eigenvalue weighted by atomic mass is 9.92. The van der Waals surface area contributed by atoms with Crippen molar-refractivity contribution in [2.24, 2.45) is 0 Å². The minimum absolute atomic E-state index is 0.192. The summed E-state index contributed by atoms with van der Waals surface area (Å²) in [5.41, 5.74) is 4.96. The van der Waals surface area contributed by atoms with E-state index >= 15 is 0 Å². The number of carboxylic acid groups (broad SMARTS) is 2. The number of carbonyl (C=O) groups excluding carboxylic acids is 1. The molecule has 0 aliphatic rings. The first-order valence-corrected chi connectivity index (χ1v) is 8.56. The maximum Gasteiger partial charge on any atom is 0.342 e. The van der Waals surface area contributed by atoms with Crippen molar-refractivity contribution in [2.45, 2.75) is 0 Å². The molecule has 30 heavy (non-hydrogen) atoms. The highest BCUT2D eigenvalue weighted by atomic mass is 16.5. The number of pyridine rings is 1. The summed E-state index contributed by atoms with van der Waals surface area (Å²) in [4.78, 5) is 49.3. The van der Waals surface area contributed by atoms with Gasteiger partial charge in [-0.2, -0.15) is 0 Å². The second-order valence-electron chi connectivity index (χ2n) is 6.25. The zero-order valence-corrected chi connectivity index (χ0v) is 15.6. The SMILES string of the molecule is COC(=O)c1ccc(-c2cccc(-c3c(C(=O)O)c(N)[nH]c(=O)c3C(=O)O)c2)cc1. The van der Waals surface area contributed by atoms with Crippen molar-refractivity contribution in [3.63, 3.8) is 0 Å². The Bertz CT molecular complexity index is 1230. The van der Waals surface area contributed by atoms with Crippen LogP contribution in [0.15, 0.2) is 53.3 Å². The minimum Gasteiger partial charge on any atom is -0.478 e. The second kappa shape index (κ2) is 7.92. The predicted octanol–water partition coefficient (Wildman–Crippen LogP) is 2.47. The molecule has 0 saturated heterocycles. The van der Waals surface area contributed by atoms with E-state index < -0.39 is 40.4 Å². The number of aromatic amines is 1. The Morgan fingerprint density at radius 1 is 0.900 bits per heavy atom. The zero-order chi connectivity index (χ0) is 22.0. The molecule has 3 rings (SSSR count). The summed E-state index contributed by atoms with van der Waals surface area (Å²) >= 11 is 0. The molecule has 0 amide bonds. The number of methoxy groups -OCH3 is 1. The monoisotopic (exact) mass is 408 g/mol. The highest BCUT2D eigenvalue weighted by Gasteiger charge is 2.26. The molecule has 9 heteroatoms. The van der Waals surface area contributed by atoms with E-state index in [1.165, 1.54) is 13.2 Å². The lowest BCUT2D eigenvalue weighted by molar-refractivity contribution is 0.0599. The average Bonchev–Trinajstić information content (AvgIpc) is 2.72. The van der Waals surface area contributed by atoms with Gasteiger partial charge in [0.05, 0.1) is 12.7 Å². The maximum absolute atomic E-state index is 12.2. The van der Waals surface area contributed by atoms with Crippen LogP contribution in [0.4, 0.5) is 5.82 Å². The van der Waals surface area contributed by atoms with E-state index in [0.29, 0.717) is 16.7 Å². The van der Waals surface area contributed by atoms with Gasteiger partial charge in [0, 0.05) is 5.56 Å². The highest BCUT2D eigenvalue weighted by Crippen LogP contribution is 2.32. The zero-order valence-electron chi connectivity index (χ0n) is 15.6. The van der Waals surface area contributed by atoms with Crippen LogP contribution in [0.2, 0.25) is 0 Å². The topological polar surface area (TPSA) is 160 Å². The molecule has 0 saturated carbocycles. The Balaban J connectivity index is 2.22. The number of nitrogens with two attached hydrogens (primary N) is 1. The molecule has 0 aliphatic carbocycles. The van der Waals surface area contributed by atoms with Crippen molar-refractivity contribution in [2.75, 3.05) is 12.8 Å². The van der Waals surface area contributed by atoms with Gasteiger partial charge in [-0.25, -0.2) is 14.4 Å². The van der Waals surface area contributed by atoms with E-state index in [9.17, 15) is 29.4 Å². The van der Waals surface area contributed by atoms with Gasteiger partial charge < -0.3 is 25.7 Å². The standard InChI is InChI=1S/C21H16N2O7/c1-30-21(29)11-7-5-10(6-8-11)12-3-2-4-13(9-12)14-15(19(25)26)17(22)23-18(24)16(14)20(27)28/h2-9H,1H3,(H,25,26)(H,27,28)(H3,22,23,24). The van der Waals surface area contributed by atoms with Gasteiger partial charge >= 0.3 is 17.9 Å². The molecule has 0 bridgehead atoms. The van der Waals surface area contributed by atoms with Crippen LogP contribution in [0.1, 0.15) is 31.1 Å². The number of hydrogen-bond acceptors (Lipinski definition) is 6. The predicted molar refractivity (Wildman–Crippen MR) is 108 cm³/mol. The fourth-order valence-electron chi connectivity index (χ4n) is 3.11. The summed E-state index contributed by atoms with van der Waals surface area (Å²) in [7, 11) is 1.27. The number of H-pyrrole nitrogens is 1. The number of aromatic nitrogens is 1. The van der Waals surface area contributed by atoms with Gasteiger partial charge in [0.2, 0.25) is 0 Å². The smallest absolute Gasteiger partial charge is 0.342 e. The van der Waals surface area contributed by atoms with Crippen molar-refractivity contribution in [1.29, 1.82) is 0 Å². The van der Waals surface area contributed by atoms with Crippen LogP contribution in [0.3, 0.4) is 0 Å². The lowest BCUT2D eigenvalue weighted by Gasteiger charge is -2.13. The number of anilines is 1. The second-order valence-corrected chi connectivity index (χ2v) is 6.25. The van der Waals surface area contributed by atoms with Crippen LogP contribution < -0.4 is 11.3 Å². The fraction of sp³-hybridized carbons (Fsp3) is 0.0476. The molecule has 0 aliphatic heterocycles. The van der Waals surface area contributed by atoms with Gasteiger partial charge in [0.1, 0.15) is 16.9 Å². The average molecular weight is 408 g/mol. The molecule has 1 heterocycles. The Hall–Kier alpha value is -4.40. The van der Waals surface area contributed by atoms with Crippen LogP contribution in [0, 0.1) is 0 Å². The molecule has 3 aromatic rings. The lowest BCUT2D eigenvalue weighted by Crippen LogP contribution is -2.24. The molecule has 9 nitrogen and oxygen atoms in total. The van der Waals surface area contributed by atoms with Crippen LogP contribution >= 0.6 is 0 Å². The molecule has 0 fully saturated rings. The number of carbonyl (C=O) groups is 3. The summed E-state index contributed by atoms with van der Waals surface area (Å²) in [6.45, 7) is 0. The van der Waals surface area contributed by atoms with E-state index in [0.717, 1.165) is 0 Å². The quantitative estimate of drug-likeness (QED) is 0.468. The van der Waals surface area contributed by atoms with Crippen molar-refractivity contribution in [1.82, 2.24) is 4.98 Å². The molecule has 0 spiro atoms. The number of nitrogens with one attached hydrogen (secondary N) is 1. The van der Waals surface area contributed by atoms with Gasteiger partial charge in [0.25, 0.3) is 5.56 Å². The van der Waals surface area contributed by atoms with E-state index in [4.69, 9.17) is 5.73 Å². The summed E-state index contributed by atoms with van der Waals surface area (Å²) in [6.07, 6.45) is 0. The van der Waals surface area contributed by atoms with Crippen molar-refractivity contribution in [3.05, 3.63) is 75.6 Å². The molecular formula is C21H16N2O7. The largest absolute Gasteiger partial charge is 0.478 e. The van der Waals surface area contributed by atoms with Gasteiger partial charge in [0.15, 0.2) is 0 Å². The van der Waals surface area contributed by atoms with Gasteiger partial charge in [-0.1, -0.05) is 30.3 Å². The first kappa shape index (κ1) is 20.3. The minimum atomic E-state index is -1.58. The highest BCUT2D eigenvalue weighted by molar-refractivity contribution is 6.07. The normalized spacial score (nSPS) is 10.4. The third-order valence-corrected chi connectivity index (χ3v) is 4.46. The summed E-state index contributed by atoms with van der Waals surface area (Å²) in [5, 5.41) is 19.1. The van der Waals surface area contributed by atoms with Gasteiger partial charge in [-0.05, 0) is 34.9 Å². The number of carboxylic acids is 2. The summed E-state index contributed by atoms with van der Waals surface area (Å²) in [6, 6.07) is 12.8. The van der Waals surface area contributed by atoms with E-state index in [1.54, 1.807) is 42.5 Å². The van der Waals surface area contributed by atoms with Crippen LogP contribution in [-0.4, -0.2) is 40.2 Å². The Kier molecular flexibility index (Phi) is 5.37. The fourth-order valence-corrected chi connectivity index (χ4v) is 3.11. The summed E-state index contributed by atoms with van der Waals surface area (Å²) in [5.74, 6) is -4.00. The Labute approximate surface area is 169 Å². The van der Waals surface area contributed by atoms with E-state index in [2.05, 4.69) is 9.72 Å². The number of aromatic carboxylic acids is 2. The number of benzene rings is 2. The van der Waals surface area contributed by atoms with Crippen LogP contribution in [-0.2, 0) is 4.74 Å². The van der Waals surface area contributed by atoms with Gasteiger partial charge in [-0.3, -0.25) is 4.79 Å². The van der Waals surface area contributed by atoms with Crippen molar-refractivity contribution in [3.8, 4) is 22.3 Å². The number of rotatable bonds is 5. The third kappa shape index (κ3) is 3.63. The summed E-state index contributed by atoms with van der Waals surface area (Å²) < 4.78 is 4.66. The molecule has 2 aromatic carbocycles. The number of ether oxygens (including phenoxy) is 1. The molecule has 5 N–H and O–H groups in total. The van der Waals surface area contributed by atoms with Crippen molar-refractivity contribution < 1.29 is 29.3 Å². The molecule has 1 aromatic heterocycles. The number of esters is 1. The van der Waals surface area contributed by atoms with Crippen LogP contribution in [0.25, 0.3) is 22.3 Å². The molecule has 0 radical (unpaired) electrons. The molecule has 0 atom stereocenters. The Morgan fingerprint density at radius 2 is 1.50 bits per heavy atom. The molecule has 0 unspecified atom stereocenters. The third-order valence-electron chi connectivity index (χ3n) is 4.46. The van der Waals surface area contributed by atoms with E-state index in [-0.39, 0.29) is 11.1 Å². The van der Waals surface area contributed by atoms with Crippen LogP contribution in [0.5, 0.6) is 0 Å². The van der Waals surface area contributed by atoms with Crippen molar-refractivity contribution >= 4 is 23.7 Å². The first-order valence-electron chi connectivity index (χ1n) is 8.56. The number of hydrogen-bond donors (Lipinski definition) is 4. The molecule has 152 valence electrons. The Morgan fingerprint density at radius 3 is 2.07 bits per heavy atom. The number of nitrogen functional groups attached to an aromatic ring is 1. The van der Waals surface area contributed by atoms with E-state index in [1.807, 2.05) is 0 Å². The first-order chi connectivity index (χ1) is 14.2. The molecular weight excluding hydrogens is 392 g/mol. The maximum atomic E-state index is 12.2. The van der Waals surface area contributed by atoms with Gasteiger partial charge in [-0.15, -0.1) is 0 Å².